The lowest BCUT2D eigenvalue weighted by Gasteiger charge is -2.35. The number of piperazine rings is 1. The van der Waals surface area contributed by atoms with Crippen molar-refractivity contribution in [1.82, 2.24) is 9.88 Å². The molecule has 6 nitrogen and oxygen atoms in total. The molecule has 1 aliphatic heterocycles. The van der Waals surface area contributed by atoms with E-state index >= 15 is 0 Å². The molecule has 7 heteroatoms. The maximum absolute atomic E-state index is 12.1. The molecule has 1 aliphatic rings. The van der Waals surface area contributed by atoms with Crippen molar-refractivity contribution in [3.05, 3.63) is 23.8 Å². The number of benzene rings is 1. The second-order valence-corrected chi connectivity index (χ2v) is 7.72. The van der Waals surface area contributed by atoms with E-state index in [1.54, 1.807) is 22.3 Å². The number of hydrogen-bond donors (Lipinski definition) is 0. The Morgan fingerprint density at radius 2 is 2.00 bits per heavy atom. The van der Waals surface area contributed by atoms with E-state index in [-0.39, 0.29) is 6.09 Å². The SMILES string of the molecule is CC(C)(C)OC(=O)N1CCN(c2nc3c(C#N)cccc3s2)CC1. The normalized spacial score (nSPS) is 15.4. The van der Waals surface area contributed by atoms with Gasteiger partial charge in [-0.25, -0.2) is 9.78 Å². The van der Waals surface area contributed by atoms with Crippen molar-refractivity contribution in [1.29, 1.82) is 5.26 Å². The van der Waals surface area contributed by atoms with Gasteiger partial charge in [-0.1, -0.05) is 17.4 Å². The quantitative estimate of drug-likeness (QED) is 0.794. The predicted molar refractivity (Wildman–Crippen MR) is 94.4 cm³/mol. The maximum atomic E-state index is 12.1. The Kier molecular flexibility index (Phi) is 4.33. The number of anilines is 1. The summed E-state index contributed by atoms with van der Waals surface area (Å²) in [5, 5.41) is 10.1. The first-order valence-corrected chi connectivity index (χ1v) is 8.71. The molecule has 2 aromatic rings. The van der Waals surface area contributed by atoms with Gasteiger partial charge in [-0.15, -0.1) is 0 Å². The second-order valence-electron chi connectivity index (χ2n) is 6.71. The van der Waals surface area contributed by atoms with Crippen molar-refractivity contribution in [3.8, 4) is 6.07 Å². The Labute approximate surface area is 145 Å². The van der Waals surface area contributed by atoms with Gasteiger partial charge in [-0.3, -0.25) is 0 Å². The third-order valence-corrected chi connectivity index (χ3v) is 4.81. The van der Waals surface area contributed by atoms with Crippen molar-refractivity contribution < 1.29 is 9.53 Å². The molecule has 24 heavy (non-hydrogen) atoms. The molecule has 0 saturated carbocycles. The topological polar surface area (TPSA) is 69.5 Å². The van der Waals surface area contributed by atoms with E-state index in [2.05, 4.69) is 16.0 Å². The van der Waals surface area contributed by atoms with Crippen LogP contribution in [0, 0.1) is 11.3 Å². The number of hydrogen-bond acceptors (Lipinski definition) is 6. The Bertz CT molecular complexity index is 795. The highest BCUT2D eigenvalue weighted by molar-refractivity contribution is 7.22. The molecule has 1 amide bonds. The maximum Gasteiger partial charge on any atom is 0.410 e. The zero-order chi connectivity index (χ0) is 17.3. The molecule has 0 aliphatic carbocycles. The van der Waals surface area contributed by atoms with Crippen LogP contribution in [-0.4, -0.2) is 47.8 Å². The average molecular weight is 344 g/mol. The number of thiazole rings is 1. The van der Waals surface area contributed by atoms with Gasteiger partial charge in [0.2, 0.25) is 0 Å². The Balaban J connectivity index is 1.69. The van der Waals surface area contributed by atoms with E-state index in [9.17, 15) is 10.1 Å². The number of carbonyl (C=O) groups is 1. The van der Waals surface area contributed by atoms with Gasteiger partial charge in [0.15, 0.2) is 5.13 Å². The summed E-state index contributed by atoms with van der Waals surface area (Å²) in [6.07, 6.45) is -0.266. The minimum absolute atomic E-state index is 0.266. The summed E-state index contributed by atoms with van der Waals surface area (Å²) in [6.45, 7) is 8.24. The van der Waals surface area contributed by atoms with Crippen LogP contribution < -0.4 is 4.90 Å². The zero-order valence-corrected chi connectivity index (χ0v) is 14.9. The van der Waals surface area contributed by atoms with Crippen LogP contribution in [0.5, 0.6) is 0 Å². The second kappa shape index (κ2) is 6.29. The summed E-state index contributed by atoms with van der Waals surface area (Å²) in [6, 6.07) is 7.83. The van der Waals surface area contributed by atoms with Crippen LogP contribution in [0.25, 0.3) is 10.2 Å². The third kappa shape index (κ3) is 3.44. The minimum Gasteiger partial charge on any atom is -0.444 e. The van der Waals surface area contributed by atoms with Gasteiger partial charge in [0.25, 0.3) is 0 Å². The number of aromatic nitrogens is 1. The first-order valence-electron chi connectivity index (χ1n) is 7.90. The van der Waals surface area contributed by atoms with E-state index in [0.29, 0.717) is 31.7 Å². The van der Waals surface area contributed by atoms with Crippen molar-refractivity contribution in [2.45, 2.75) is 26.4 Å². The molecule has 0 bridgehead atoms. The number of amides is 1. The largest absolute Gasteiger partial charge is 0.444 e. The fourth-order valence-corrected chi connectivity index (χ4v) is 3.61. The summed E-state index contributed by atoms with van der Waals surface area (Å²) < 4.78 is 6.43. The van der Waals surface area contributed by atoms with E-state index in [1.165, 1.54) is 0 Å². The van der Waals surface area contributed by atoms with E-state index in [4.69, 9.17) is 4.74 Å². The van der Waals surface area contributed by atoms with Crippen LogP contribution in [-0.2, 0) is 4.74 Å². The number of nitrogens with zero attached hydrogens (tertiary/aromatic N) is 4. The molecule has 1 saturated heterocycles. The summed E-state index contributed by atoms with van der Waals surface area (Å²) in [4.78, 5) is 20.6. The minimum atomic E-state index is -0.477. The lowest BCUT2D eigenvalue weighted by Crippen LogP contribution is -2.50. The molecule has 0 unspecified atom stereocenters. The van der Waals surface area contributed by atoms with Crippen LogP contribution in [0.3, 0.4) is 0 Å². The average Bonchev–Trinajstić information content (AvgIpc) is 2.97. The van der Waals surface area contributed by atoms with Gasteiger partial charge in [-0.2, -0.15) is 5.26 Å². The molecular weight excluding hydrogens is 324 g/mol. The molecule has 1 aromatic carbocycles. The summed E-state index contributed by atoms with van der Waals surface area (Å²) >= 11 is 1.58. The molecule has 126 valence electrons. The fourth-order valence-electron chi connectivity index (χ4n) is 2.57. The van der Waals surface area contributed by atoms with Gasteiger partial charge in [0.05, 0.1) is 10.3 Å². The highest BCUT2D eigenvalue weighted by atomic mass is 32.1. The number of ether oxygens (including phenoxy) is 1. The number of carbonyl (C=O) groups excluding carboxylic acids is 1. The Morgan fingerprint density at radius 1 is 1.29 bits per heavy atom. The molecule has 0 spiro atoms. The number of fused-ring (bicyclic) bond motifs is 1. The first-order chi connectivity index (χ1) is 11.4. The molecule has 1 aromatic heterocycles. The highest BCUT2D eigenvalue weighted by Crippen LogP contribution is 2.31. The van der Waals surface area contributed by atoms with Crippen LogP contribution in [0.4, 0.5) is 9.93 Å². The van der Waals surface area contributed by atoms with Crippen molar-refractivity contribution >= 4 is 32.8 Å². The zero-order valence-electron chi connectivity index (χ0n) is 14.1. The van der Waals surface area contributed by atoms with Crippen molar-refractivity contribution in [2.24, 2.45) is 0 Å². The van der Waals surface area contributed by atoms with Gasteiger partial charge >= 0.3 is 6.09 Å². The first kappa shape index (κ1) is 16.5. The smallest absolute Gasteiger partial charge is 0.410 e. The van der Waals surface area contributed by atoms with Gasteiger partial charge < -0.3 is 14.5 Å². The summed E-state index contributed by atoms with van der Waals surface area (Å²) in [5.41, 5.74) is 0.881. The lowest BCUT2D eigenvalue weighted by atomic mass is 10.2. The molecule has 1 fully saturated rings. The molecular formula is C17H20N4O2S. The molecule has 0 radical (unpaired) electrons. The van der Waals surface area contributed by atoms with Crippen LogP contribution in [0.1, 0.15) is 26.3 Å². The van der Waals surface area contributed by atoms with Gasteiger partial charge in [-0.05, 0) is 32.9 Å². The third-order valence-electron chi connectivity index (χ3n) is 3.73. The fraction of sp³-hybridized carbons (Fsp3) is 0.471. The number of nitriles is 1. The number of rotatable bonds is 1. The van der Waals surface area contributed by atoms with Gasteiger partial charge in [0, 0.05) is 26.2 Å². The lowest BCUT2D eigenvalue weighted by molar-refractivity contribution is 0.0240. The van der Waals surface area contributed by atoms with E-state index in [1.807, 2.05) is 32.9 Å². The van der Waals surface area contributed by atoms with E-state index in [0.717, 1.165) is 15.3 Å². The van der Waals surface area contributed by atoms with Crippen molar-refractivity contribution in [2.75, 3.05) is 31.1 Å². The van der Waals surface area contributed by atoms with Crippen LogP contribution >= 0.6 is 11.3 Å². The highest BCUT2D eigenvalue weighted by Gasteiger charge is 2.27. The van der Waals surface area contributed by atoms with Crippen LogP contribution in [0.2, 0.25) is 0 Å². The monoisotopic (exact) mass is 344 g/mol. The van der Waals surface area contributed by atoms with Crippen molar-refractivity contribution in [3.63, 3.8) is 0 Å². The number of para-hydroxylation sites is 1. The molecule has 0 N–H and O–H groups in total. The standard InChI is InChI=1S/C17H20N4O2S/c1-17(2,3)23-16(22)21-9-7-20(8-10-21)15-19-14-12(11-18)5-4-6-13(14)24-15/h4-6H,7-10H2,1-3H3. The van der Waals surface area contributed by atoms with Crippen LogP contribution in [0.15, 0.2) is 18.2 Å². The van der Waals surface area contributed by atoms with E-state index < -0.39 is 5.60 Å². The predicted octanol–water partition coefficient (Wildman–Crippen LogP) is 3.23. The summed E-state index contributed by atoms with van der Waals surface area (Å²) in [5.74, 6) is 0. The molecule has 2 heterocycles. The summed E-state index contributed by atoms with van der Waals surface area (Å²) in [7, 11) is 0. The Morgan fingerprint density at radius 3 is 2.62 bits per heavy atom. The Hall–Kier alpha value is -2.33. The molecule has 0 atom stereocenters. The molecule has 3 rings (SSSR count). The van der Waals surface area contributed by atoms with Gasteiger partial charge in [0.1, 0.15) is 17.2 Å².